The molecule has 2 N–H and O–H groups in total. The lowest BCUT2D eigenvalue weighted by Gasteiger charge is -2.20. The molecule has 1 aromatic heterocycles. The van der Waals surface area contributed by atoms with Crippen molar-refractivity contribution in [3.8, 4) is 0 Å². The maximum absolute atomic E-state index is 4.93. The summed E-state index contributed by atoms with van der Waals surface area (Å²) in [5.41, 5.74) is 3.86. The van der Waals surface area contributed by atoms with Crippen LogP contribution in [0.15, 0.2) is 41.9 Å². The molecule has 2 aromatic rings. The fraction of sp³-hybridized carbons (Fsp3) is 0.389. The quantitative estimate of drug-likeness (QED) is 0.908. The molecule has 0 bridgehead atoms. The van der Waals surface area contributed by atoms with Crippen LogP contribution < -0.4 is 10.6 Å². The van der Waals surface area contributed by atoms with Crippen LogP contribution in [0.4, 0.5) is 0 Å². The Labute approximate surface area is 135 Å². The van der Waals surface area contributed by atoms with Crippen molar-refractivity contribution >= 4 is 16.9 Å². The van der Waals surface area contributed by atoms with Gasteiger partial charge in [-0.15, -0.1) is 11.3 Å². The van der Waals surface area contributed by atoms with E-state index in [0.717, 1.165) is 19.5 Å². The maximum Gasteiger partial charge on any atom is 0.0964 e. The van der Waals surface area contributed by atoms with E-state index < -0.39 is 0 Å². The fourth-order valence-corrected chi connectivity index (χ4v) is 4.32. The summed E-state index contributed by atoms with van der Waals surface area (Å²) < 4.78 is 0. The molecule has 0 radical (unpaired) electrons. The number of benzene rings is 1. The van der Waals surface area contributed by atoms with Crippen LogP contribution in [0, 0.1) is 0 Å². The summed E-state index contributed by atoms with van der Waals surface area (Å²) in [6, 6.07) is 11.0. The van der Waals surface area contributed by atoms with Crippen molar-refractivity contribution in [1.29, 1.82) is 0 Å². The largest absolute Gasteiger partial charge is 0.383 e. The Hall–Kier alpha value is -1.65. The zero-order valence-electron chi connectivity index (χ0n) is 12.6. The summed E-state index contributed by atoms with van der Waals surface area (Å²) in [6.45, 7) is 2.25. The summed E-state index contributed by atoms with van der Waals surface area (Å²) in [5, 5.41) is 10.5. The van der Waals surface area contributed by atoms with Gasteiger partial charge in [-0.2, -0.15) is 0 Å². The van der Waals surface area contributed by atoms with Gasteiger partial charge in [0.2, 0.25) is 0 Å². The molecule has 1 saturated heterocycles. The van der Waals surface area contributed by atoms with E-state index in [1.54, 1.807) is 0 Å². The molecule has 1 atom stereocenters. The molecule has 4 heteroatoms. The van der Waals surface area contributed by atoms with Crippen LogP contribution in [0.2, 0.25) is 0 Å². The SMILES string of the molecule is C1=C(c2csc(C3CCNCC3)n2)C[C@H](c2ccccc2)N1. The summed E-state index contributed by atoms with van der Waals surface area (Å²) >= 11 is 1.83. The third-order valence-electron chi connectivity index (χ3n) is 4.62. The Bertz CT molecular complexity index is 656. The molecule has 1 aromatic carbocycles. The summed E-state index contributed by atoms with van der Waals surface area (Å²) in [6.07, 6.45) is 5.62. The molecule has 0 amide bonds. The van der Waals surface area contributed by atoms with Gasteiger partial charge in [0.15, 0.2) is 0 Å². The standard InChI is InChI=1S/C18H21N3S/c1-2-4-13(5-3-1)16-10-15(11-20-16)17-12-22-18(21-17)14-6-8-19-9-7-14/h1-5,11-12,14,16,19-20H,6-10H2/t16-/m1/s1. The Kier molecular flexibility index (Phi) is 3.95. The molecule has 0 saturated carbocycles. The second-order valence-electron chi connectivity index (χ2n) is 6.10. The van der Waals surface area contributed by atoms with Gasteiger partial charge >= 0.3 is 0 Å². The third-order valence-corrected chi connectivity index (χ3v) is 5.63. The zero-order valence-corrected chi connectivity index (χ0v) is 13.4. The van der Waals surface area contributed by atoms with Crippen LogP contribution in [0.1, 0.15) is 47.5 Å². The van der Waals surface area contributed by atoms with Crippen molar-refractivity contribution in [3.63, 3.8) is 0 Å². The molecule has 0 aliphatic carbocycles. The highest BCUT2D eigenvalue weighted by atomic mass is 32.1. The number of nitrogens with one attached hydrogen (secondary N) is 2. The predicted octanol–water partition coefficient (Wildman–Crippen LogP) is 3.69. The van der Waals surface area contributed by atoms with Gasteiger partial charge in [-0.3, -0.25) is 0 Å². The van der Waals surface area contributed by atoms with Crippen molar-refractivity contribution in [2.24, 2.45) is 0 Å². The first-order valence-corrected chi connectivity index (χ1v) is 8.94. The van der Waals surface area contributed by atoms with Crippen LogP contribution in [-0.2, 0) is 0 Å². The molecule has 2 aliphatic heterocycles. The molecule has 22 heavy (non-hydrogen) atoms. The van der Waals surface area contributed by atoms with Gasteiger partial charge < -0.3 is 10.6 Å². The second-order valence-corrected chi connectivity index (χ2v) is 6.99. The molecule has 3 heterocycles. The maximum atomic E-state index is 4.93. The van der Waals surface area contributed by atoms with E-state index in [2.05, 4.69) is 52.5 Å². The average molecular weight is 311 g/mol. The van der Waals surface area contributed by atoms with Gasteiger partial charge in [-0.25, -0.2) is 4.98 Å². The molecule has 0 spiro atoms. The van der Waals surface area contributed by atoms with Gasteiger partial charge in [0, 0.05) is 23.9 Å². The zero-order chi connectivity index (χ0) is 14.8. The number of hydrogen-bond donors (Lipinski definition) is 2. The van der Waals surface area contributed by atoms with Crippen LogP contribution in [0.3, 0.4) is 0 Å². The van der Waals surface area contributed by atoms with E-state index in [-0.39, 0.29) is 0 Å². The van der Waals surface area contributed by atoms with Crippen LogP contribution >= 0.6 is 11.3 Å². The first-order valence-electron chi connectivity index (χ1n) is 8.07. The normalized spacial score (nSPS) is 22.4. The highest BCUT2D eigenvalue weighted by molar-refractivity contribution is 7.09. The number of nitrogens with zero attached hydrogens (tertiary/aromatic N) is 1. The number of piperidine rings is 1. The van der Waals surface area contributed by atoms with E-state index >= 15 is 0 Å². The van der Waals surface area contributed by atoms with Crippen LogP contribution in [0.5, 0.6) is 0 Å². The van der Waals surface area contributed by atoms with Crippen molar-refractivity contribution in [3.05, 3.63) is 58.2 Å². The van der Waals surface area contributed by atoms with Crippen molar-refractivity contribution in [2.45, 2.75) is 31.2 Å². The first-order chi connectivity index (χ1) is 10.9. The van der Waals surface area contributed by atoms with Gasteiger partial charge in [0.1, 0.15) is 0 Å². The first kappa shape index (κ1) is 14.0. The minimum absolute atomic E-state index is 0.389. The lowest BCUT2D eigenvalue weighted by Crippen LogP contribution is -2.26. The highest BCUT2D eigenvalue weighted by Gasteiger charge is 2.23. The minimum atomic E-state index is 0.389. The molecule has 114 valence electrons. The summed E-state index contributed by atoms with van der Waals surface area (Å²) in [7, 11) is 0. The summed E-state index contributed by atoms with van der Waals surface area (Å²) in [4.78, 5) is 4.93. The lowest BCUT2D eigenvalue weighted by atomic mass is 9.99. The third kappa shape index (κ3) is 2.81. The molecule has 3 nitrogen and oxygen atoms in total. The number of thiazole rings is 1. The molecular formula is C18H21N3S. The minimum Gasteiger partial charge on any atom is -0.383 e. The van der Waals surface area contributed by atoms with Crippen LogP contribution in [0.25, 0.3) is 5.57 Å². The Morgan fingerprint density at radius 1 is 1.09 bits per heavy atom. The molecule has 4 rings (SSSR count). The Morgan fingerprint density at radius 3 is 2.73 bits per heavy atom. The highest BCUT2D eigenvalue weighted by Crippen LogP contribution is 2.35. The second kappa shape index (κ2) is 6.23. The van der Waals surface area contributed by atoms with E-state index in [0.29, 0.717) is 12.0 Å². The van der Waals surface area contributed by atoms with E-state index in [1.165, 1.54) is 34.7 Å². The Morgan fingerprint density at radius 2 is 1.91 bits per heavy atom. The summed E-state index contributed by atoms with van der Waals surface area (Å²) in [5.74, 6) is 0.653. The van der Waals surface area contributed by atoms with Gasteiger partial charge in [-0.1, -0.05) is 30.3 Å². The van der Waals surface area contributed by atoms with Crippen molar-refractivity contribution in [1.82, 2.24) is 15.6 Å². The average Bonchev–Trinajstić information content (AvgIpc) is 3.26. The topological polar surface area (TPSA) is 37.0 Å². The molecular weight excluding hydrogens is 290 g/mol. The Balaban J connectivity index is 1.46. The van der Waals surface area contributed by atoms with E-state index in [4.69, 9.17) is 4.98 Å². The number of aromatic nitrogens is 1. The fourth-order valence-electron chi connectivity index (χ4n) is 3.31. The lowest BCUT2D eigenvalue weighted by molar-refractivity contribution is 0.459. The number of rotatable bonds is 3. The molecule has 2 aliphatic rings. The monoisotopic (exact) mass is 311 g/mol. The van der Waals surface area contributed by atoms with Gasteiger partial charge in [0.05, 0.1) is 16.7 Å². The number of hydrogen-bond acceptors (Lipinski definition) is 4. The van der Waals surface area contributed by atoms with Crippen molar-refractivity contribution < 1.29 is 0 Å². The van der Waals surface area contributed by atoms with Crippen LogP contribution in [-0.4, -0.2) is 18.1 Å². The van der Waals surface area contributed by atoms with E-state index in [9.17, 15) is 0 Å². The van der Waals surface area contributed by atoms with E-state index in [1.807, 2.05) is 11.3 Å². The molecule has 0 unspecified atom stereocenters. The predicted molar refractivity (Wildman–Crippen MR) is 91.9 cm³/mol. The van der Waals surface area contributed by atoms with Gasteiger partial charge in [0.25, 0.3) is 0 Å². The smallest absolute Gasteiger partial charge is 0.0964 e. The van der Waals surface area contributed by atoms with Crippen molar-refractivity contribution in [2.75, 3.05) is 13.1 Å². The molecule has 1 fully saturated rings. The van der Waals surface area contributed by atoms with Gasteiger partial charge in [-0.05, 0) is 37.1 Å².